The number of nitrogens with zero attached hydrogens (tertiary/aromatic N) is 1. The van der Waals surface area contributed by atoms with E-state index in [0.29, 0.717) is 22.9 Å². The van der Waals surface area contributed by atoms with Gasteiger partial charge in [0.05, 0.1) is 17.7 Å². The molecule has 0 saturated heterocycles. The van der Waals surface area contributed by atoms with E-state index < -0.39 is 5.97 Å². The summed E-state index contributed by atoms with van der Waals surface area (Å²) in [6, 6.07) is 11.8. The van der Waals surface area contributed by atoms with Crippen LogP contribution in [0.1, 0.15) is 45.8 Å². The molecule has 0 aliphatic carbocycles. The summed E-state index contributed by atoms with van der Waals surface area (Å²) in [6.45, 7) is 1.90. The minimum atomic E-state index is -1.01. The van der Waals surface area contributed by atoms with Gasteiger partial charge in [-0.2, -0.15) is 0 Å². The largest absolute Gasteiger partial charge is 0.490 e. The Balaban J connectivity index is 1.65. The number of hydrogen-bond donors (Lipinski definition) is 2. The molecule has 28 heavy (non-hydrogen) atoms. The number of ether oxygens (including phenoxy) is 1. The molecule has 1 aromatic heterocycles. The number of rotatable bonds is 3. The number of aromatic nitrogens is 1. The molecule has 0 saturated carbocycles. The fraction of sp³-hybridized carbons (Fsp3) is 0.238. The highest BCUT2D eigenvalue weighted by atomic mass is 35.5. The van der Waals surface area contributed by atoms with Crippen LogP contribution in [0.4, 0.5) is 0 Å². The molecule has 144 valence electrons. The van der Waals surface area contributed by atoms with E-state index in [2.05, 4.69) is 5.32 Å². The summed E-state index contributed by atoms with van der Waals surface area (Å²) in [5, 5.41) is 13.8. The first kappa shape index (κ1) is 18.4. The predicted molar refractivity (Wildman–Crippen MR) is 106 cm³/mol. The van der Waals surface area contributed by atoms with E-state index >= 15 is 0 Å². The zero-order valence-corrected chi connectivity index (χ0v) is 16.2. The van der Waals surface area contributed by atoms with Crippen molar-refractivity contribution in [2.45, 2.75) is 25.5 Å². The first-order chi connectivity index (χ1) is 13.3. The first-order valence-corrected chi connectivity index (χ1v) is 9.31. The molecule has 0 radical (unpaired) electrons. The Morgan fingerprint density at radius 2 is 2.00 bits per heavy atom. The summed E-state index contributed by atoms with van der Waals surface area (Å²) in [6.07, 6.45) is 0.453. The molecular weight excluding hydrogens is 380 g/mol. The van der Waals surface area contributed by atoms with Gasteiger partial charge in [-0.1, -0.05) is 23.7 Å². The summed E-state index contributed by atoms with van der Waals surface area (Å²) in [4.78, 5) is 24.2. The topological polar surface area (TPSA) is 80.6 Å². The van der Waals surface area contributed by atoms with E-state index in [4.69, 9.17) is 16.3 Å². The Kier molecular flexibility index (Phi) is 4.51. The molecule has 2 unspecified atom stereocenters. The van der Waals surface area contributed by atoms with Crippen molar-refractivity contribution in [2.24, 2.45) is 7.05 Å². The molecule has 2 heterocycles. The van der Waals surface area contributed by atoms with Crippen molar-refractivity contribution >= 4 is 34.4 Å². The number of halogens is 1. The van der Waals surface area contributed by atoms with Crippen LogP contribution in [0.5, 0.6) is 5.75 Å². The molecule has 6 nitrogen and oxygen atoms in total. The summed E-state index contributed by atoms with van der Waals surface area (Å²) in [5.41, 5.74) is 2.34. The highest BCUT2D eigenvalue weighted by Gasteiger charge is 2.29. The first-order valence-electron chi connectivity index (χ1n) is 8.93. The summed E-state index contributed by atoms with van der Waals surface area (Å²) < 4.78 is 7.60. The van der Waals surface area contributed by atoms with E-state index in [0.717, 1.165) is 16.5 Å². The van der Waals surface area contributed by atoms with Gasteiger partial charge < -0.3 is 19.7 Å². The second-order valence-corrected chi connectivity index (χ2v) is 7.48. The van der Waals surface area contributed by atoms with Gasteiger partial charge in [-0.3, -0.25) is 4.79 Å². The van der Waals surface area contributed by atoms with Gasteiger partial charge >= 0.3 is 5.97 Å². The zero-order valence-electron chi connectivity index (χ0n) is 15.4. The lowest BCUT2D eigenvalue weighted by Gasteiger charge is -2.31. The van der Waals surface area contributed by atoms with E-state index in [9.17, 15) is 14.7 Å². The molecular formula is C21H19ClN2O4. The van der Waals surface area contributed by atoms with Crippen LogP contribution in [-0.2, 0) is 7.05 Å². The summed E-state index contributed by atoms with van der Waals surface area (Å²) in [5.74, 6) is -0.727. The monoisotopic (exact) mass is 398 g/mol. The molecule has 0 spiro atoms. The van der Waals surface area contributed by atoms with Crippen LogP contribution in [0, 0.1) is 0 Å². The van der Waals surface area contributed by atoms with Gasteiger partial charge in [0.25, 0.3) is 5.91 Å². The quantitative estimate of drug-likeness (QED) is 0.693. The van der Waals surface area contributed by atoms with Crippen molar-refractivity contribution in [3.8, 4) is 5.75 Å². The van der Waals surface area contributed by atoms with Gasteiger partial charge in [0.2, 0.25) is 0 Å². The highest BCUT2D eigenvalue weighted by Crippen LogP contribution is 2.36. The lowest BCUT2D eigenvalue weighted by atomic mass is 9.95. The zero-order chi connectivity index (χ0) is 20.0. The van der Waals surface area contributed by atoms with Gasteiger partial charge in [-0.25, -0.2) is 4.79 Å². The maximum Gasteiger partial charge on any atom is 0.335 e. The number of carboxylic acid groups (broad SMARTS) is 1. The number of carbonyl (C=O) groups is 2. The van der Waals surface area contributed by atoms with Crippen molar-refractivity contribution in [3.05, 3.63) is 64.3 Å². The van der Waals surface area contributed by atoms with E-state index in [1.54, 1.807) is 12.1 Å². The molecule has 7 heteroatoms. The third-order valence-corrected chi connectivity index (χ3v) is 5.31. The third-order valence-electron chi connectivity index (χ3n) is 5.08. The number of carboxylic acids is 1. The molecule has 2 atom stereocenters. The molecule has 0 bridgehead atoms. The Labute approximate surface area is 166 Å². The standard InChI is InChI=1S/C21H19ClN2O4/c1-11-7-16(15-6-4-13(21(26)27)9-19(15)28-11)23-20(25)18-8-12-3-5-14(22)10-17(12)24(18)2/h3-6,8-11,16H,7H2,1-2H3,(H,23,25)(H,26,27). The van der Waals surface area contributed by atoms with Gasteiger partial charge in [0.15, 0.2) is 0 Å². The molecule has 1 amide bonds. The average Bonchev–Trinajstić information content (AvgIpc) is 2.97. The normalized spacial score (nSPS) is 18.4. The Bertz CT molecular complexity index is 1110. The summed E-state index contributed by atoms with van der Waals surface area (Å²) in [7, 11) is 1.83. The van der Waals surface area contributed by atoms with Crippen molar-refractivity contribution < 1.29 is 19.4 Å². The number of hydrogen-bond acceptors (Lipinski definition) is 3. The molecule has 2 N–H and O–H groups in total. The number of carbonyl (C=O) groups excluding carboxylic acids is 1. The molecule has 2 aromatic carbocycles. The van der Waals surface area contributed by atoms with E-state index in [-0.39, 0.29) is 23.6 Å². The molecule has 1 aliphatic heterocycles. The number of fused-ring (bicyclic) bond motifs is 2. The fourth-order valence-corrected chi connectivity index (χ4v) is 3.84. The Morgan fingerprint density at radius 3 is 2.75 bits per heavy atom. The molecule has 4 rings (SSSR count). The Hall–Kier alpha value is -2.99. The third kappa shape index (κ3) is 3.20. The van der Waals surface area contributed by atoms with Crippen molar-refractivity contribution in [1.29, 1.82) is 0 Å². The maximum atomic E-state index is 13.0. The van der Waals surface area contributed by atoms with Crippen LogP contribution in [0.3, 0.4) is 0 Å². The van der Waals surface area contributed by atoms with Crippen molar-refractivity contribution in [1.82, 2.24) is 9.88 Å². The van der Waals surface area contributed by atoms with Gasteiger partial charge in [0.1, 0.15) is 11.4 Å². The van der Waals surface area contributed by atoms with Gasteiger partial charge in [-0.05, 0) is 37.3 Å². The number of amides is 1. The smallest absolute Gasteiger partial charge is 0.335 e. The minimum Gasteiger partial charge on any atom is -0.490 e. The summed E-state index contributed by atoms with van der Waals surface area (Å²) >= 11 is 6.07. The van der Waals surface area contributed by atoms with Crippen LogP contribution >= 0.6 is 11.6 Å². The average molecular weight is 399 g/mol. The lowest BCUT2D eigenvalue weighted by Crippen LogP contribution is -2.35. The van der Waals surface area contributed by atoms with Gasteiger partial charge in [0, 0.05) is 35.0 Å². The number of nitrogens with one attached hydrogen (secondary N) is 1. The number of benzene rings is 2. The number of aromatic carboxylic acids is 1. The van der Waals surface area contributed by atoms with Crippen molar-refractivity contribution in [3.63, 3.8) is 0 Å². The van der Waals surface area contributed by atoms with E-state index in [1.807, 2.05) is 36.7 Å². The molecule has 3 aromatic rings. The van der Waals surface area contributed by atoms with Gasteiger partial charge in [-0.15, -0.1) is 0 Å². The van der Waals surface area contributed by atoms with Crippen LogP contribution < -0.4 is 10.1 Å². The second-order valence-electron chi connectivity index (χ2n) is 7.04. The predicted octanol–water partition coefficient (Wildman–Crippen LogP) is 4.17. The van der Waals surface area contributed by atoms with E-state index in [1.165, 1.54) is 12.1 Å². The fourth-order valence-electron chi connectivity index (χ4n) is 3.67. The second kappa shape index (κ2) is 6.87. The number of aryl methyl sites for hydroxylation is 1. The maximum absolute atomic E-state index is 13.0. The lowest BCUT2D eigenvalue weighted by molar-refractivity contribution is 0.0694. The van der Waals surface area contributed by atoms with Crippen LogP contribution in [0.15, 0.2) is 42.5 Å². The van der Waals surface area contributed by atoms with Crippen LogP contribution in [-0.4, -0.2) is 27.7 Å². The minimum absolute atomic E-state index is 0.145. The van der Waals surface area contributed by atoms with Crippen LogP contribution in [0.2, 0.25) is 5.02 Å². The Morgan fingerprint density at radius 1 is 1.21 bits per heavy atom. The van der Waals surface area contributed by atoms with Crippen LogP contribution in [0.25, 0.3) is 10.9 Å². The highest BCUT2D eigenvalue weighted by molar-refractivity contribution is 6.31. The SMILES string of the molecule is CC1CC(NC(=O)c2cc3ccc(Cl)cc3n2C)c2ccc(C(=O)O)cc2O1. The molecule has 1 aliphatic rings. The van der Waals surface area contributed by atoms with Crippen molar-refractivity contribution in [2.75, 3.05) is 0 Å². The molecule has 0 fully saturated rings.